The molecule has 0 saturated carbocycles. The summed E-state index contributed by atoms with van der Waals surface area (Å²) in [5, 5.41) is 6.48. The number of anilines is 1. The van der Waals surface area contributed by atoms with E-state index in [4.69, 9.17) is 4.74 Å². The molecule has 1 heterocycles. The predicted molar refractivity (Wildman–Crippen MR) is 85.7 cm³/mol. The van der Waals surface area contributed by atoms with Crippen LogP contribution < -0.4 is 15.4 Å². The van der Waals surface area contributed by atoms with Crippen LogP contribution in [0.5, 0.6) is 5.75 Å². The van der Waals surface area contributed by atoms with Gasteiger partial charge in [-0.05, 0) is 38.0 Å². The minimum atomic E-state index is -0.0896. The molecule has 0 saturated heterocycles. The summed E-state index contributed by atoms with van der Waals surface area (Å²) in [6.07, 6.45) is 5.02. The summed E-state index contributed by atoms with van der Waals surface area (Å²) >= 11 is 0. The summed E-state index contributed by atoms with van der Waals surface area (Å²) in [4.78, 5) is 11.4. The Bertz CT molecular complexity index is 488. The van der Waals surface area contributed by atoms with Gasteiger partial charge in [-0.1, -0.05) is 32.3 Å². The number of ether oxygens (including phenoxy) is 1. The fraction of sp³-hybridized carbons (Fsp3) is 0.588. The van der Waals surface area contributed by atoms with E-state index in [-0.39, 0.29) is 18.6 Å². The molecule has 1 aliphatic heterocycles. The van der Waals surface area contributed by atoms with Crippen molar-refractivity contribution in [3.8, 4) is 5.75 Å². The largest absolute Gasteiger partial charge is 0.482 e. The Morgan fingerprint density at radius 3 is 2.90 bits per heavy atom. The SMILES string of the molecule is CCCCCC(C)NC(C)c1ccc2c(c1)NC(=O)CO2. The van der Waals surface area contributed by atoms with Gasteiger partial charge in [0.25, 0.3) is 5.91 Å². The summed E-state index contributed by atoms with van der Waals surface area (Å²) in [5.41, 5.74) is 1.94. The molecule has 4 nitrogen and oxygen atoms in total. The predicted octanol–water partition coefficient (Wildman–Crippen LogP) is 3.64. The van der Waals surface area contributed by atoms with Gasteiger partial charge in [-0.15, -0.1) is 0 Å². The van der Waals surface area contributed by atoms with E-state index in [1.54, 1.807) is 0 Å². The maximum Gasteiger partial charge on any atom is 0.262 e. The minimum absolute atomic E-state index is 0.0896. The fourth-order valence-corrected chi connectivity index (χ4v) is 2.68. The first-order valence-corrected chi connectivity index (χ1v) is 7.92. The van der Waals surface area contributed by atoms with E-state index < -0.39 is 0 Å². The number of carbonyl (C=O) groups is 1. The summed E-state index contributed by atoms with van der Waals surface area (Å²) in [6, 6.07) is 6.75. The highest BCUT2D eigenvalue weighted by atomic mass is 16.5. The lowest BCUT2D eigenvalue weighted by atomic mass is 10.0. The lowest BCUT2D eigenvalue weighted by Gasteiger charge is -2.23. The molecule has 4 heteroatoms. The average molecular weight is 290 g/mol. The van der Waals surface area contributed by atoms with Gasteiger partial charge in [0, 0.05) is 12.1 Å². The van der Waals surface area contributed by atoms with Crippen molar-refractivity contribution in [2.24, 2.45) is 0 Å². The van der Waals surface area contributed by atoms with Crippen molar-refractivity contribution in [3.05, 3.63) is 23.8 Å². The zero-order valence-electron chi connectivity index (χ0n) is 13.2. The molecule has 0 fully saturated rings. The molecular weight excluding hydrogens is 264 g/mol. The van der Waals surface area contributed by atoms with Gasteiger partial charge in [0.05, 0.1) is 5.69 Å². The Hall–Kier alpha value is -1.55. The smallest absolute Gasteiger partial charge is 0.262 e. The van der Waals surface area contributed by atoms with Crippen LogP contribution >= 0.6 is 0 Å². The molecule has 1 aromatic carbocycles. The first kappa shape index (κ1) is 15.8. The number of hydrogen-bond acceptors (Lipinski definition) is 3. The van der Waals surface area contributed by atoms with Crippen molar-refractivity contribution >= 4 is 11.6 Å². The van der Waals surface area contributed by atoms with Crippen molar-refractivity contribution in [1.82, 2.24) is 5.32 Å². The van der Waals surface area contributed by atoms with Gasteiger partial charge >= 0.3 is 0 Å². The second-order valence-electron chi connectivity index (χ2n) is 5.88. The van der Waals surface area contributed by atoms with E-state index in [1.165, 1.54) is 31.2 Å². The number of benzene rings is 1. The first-order valence-electron chi connectivity index (χ1n) is 7.92. The van der Waals surface area contributed by atoms with E-state index >= 15 is 0 Å². The van der Waals surface area contributed by atoms with Crippen LogP contribution in [0.2, 0.25) is 0 Å². The van der Waals surface area contributed by atoms with Crippen LogP contribution in [0, 0.1) is 0 Å². The topological polar surface area (TPSA) is 50.4 Å². The number of unbranched alkanes of at least 4 members (excludes halogenated alkanes) is 2. The number of hydrogen-bond donors (Lipinski definition) is 2. The Morgan fingerprint density at radius 1 is 1.33 bits per heavy atom. The summed E-state index contributed by atoms with van der Waals surface area (Å²) in [5.74, 6) is 0.662. The van der Waals surface area contributed by atoms with Gasteiger partial charge in [-0.3, -0.25) is 4.79 Å². The molecule has 0 aromatic heterocycles. The fourth-order valence-electron chi connectivity index (χ4n) is 2.68. The van der Waals surface area contributed by atoms with Gasteiger partial charge in [0.15, 0.2) is 6.61 Å². The van der Waals surface area contributed by atoms with Crippen molar-refractivity contribution < 1.29 is 9.53 Å². The highest BCUT2D eigenvalue weighted by Crippen LogP contribution is 2.30. The Morgan fingerprint density at radius 2 is 2.14 bits per heavy atom. The minimum Gasteiger partial charge on any atom is -0.482 e. The van der Waals surface area contributed by atoms with Crippen molar-refractivity contribution in [2.75, 3.05) is 11.9 Å². The normalized spacial score (nSPS) is 16.6. The van der Waals surface area contributed by atoms with Gasteiger partial charge in [0.2, 0.25) is 0 Å². The van der Waals surface area contributed by atoms with Crippen LogP contribution in [-0.4, -0.2) is 18.6 Å². The molecule has 21 heavy (non-hydrogen) atoms. The van der Waals surface area contributed by atoms with Crippen LogP contribution in [0.3, 0.4) is 0 Å². The van der Waals surface area contributed by atoms with Crippen molar-refractivity contribution in [2.45, 2.75) is 58.5 Å². The van der Waals surface area contributed by atoms with Crippen molar-refractivity contribution in [3.63, 3.8) is 0 Å². The van der Waals surface area contributed by atoms with E-state index in [2.05, 4.69) is 37.5 Å². The molecule has 116 valence electrons. The third-order valence-corrected chi connectivity index (χ3v) is 3.91. The molecule has 2 atom stereocenters. The van der Waals surface area contributed by atoms with E-state index in [9.17, 15) is 4.79 Å². The number of amides is 1. The zero-order valence-corrected chi connectivity index (χ0v) is 13.2. The summed E-state index contributed by atoms with van der Waals surface area (Å²) < 4.78 is 5.38. The van der Waals surface area contributed by atoms with Crippen LogP contribution in [0.25, 0.3) is 0 Å². The average Bonchev–Trinajstić information content (AvgIpc) is 2.46. The van der Waals surface area contributed by atoms with Gasteiger partial charge in [-0.2, -0.15) is 0 Å². The number of carbonyl (C=O) groups excluding carboxylic acids is 1. The zero-order chi connectivity index (χ0) is 15.2. The number of rotatable bonds is 7. The quantitative estimate of drug-likeness (QED) is 0.754. The van der Waals surface area contributed by atoms with E-state index in [0.717, 1.165) is 11.4 Å². The maximum absolute atomic E-state index is 11.4. The summed E-state index contributed by atoms with van der Waals surface area (Å²) in [6.45, 7) is 6.72. The highest BCUT2D eigenvalue weighted by molar-refractivity contribution is 5.95. The van der Waals surface area contributed by atoms with Crippen LogP contribution in [0.1, 0.15) is 58.1 Å². The van der Waals surface area contributed by atoms with Crippen LogP contribution in [0.15, 0.2) is 18.2 Å². The number of nitrogens with one attached hydrogen (secondary N) is 2. The molecule has 1 aromatic rings. The van der Waals surface area contributed by atoms with E-state index in [0.29, 0.717) is 6.04 Å². The molecule has 0 aliphatic carbocycles. The van der Waals surface area contributed by atoms with Gasteiger partial charge in [0.1, 0.15) is 5.75 Å². The Balaban J connectivity index is 1.94. The van der Waals surface area contributed by atoms with Gasteiger partial charge < -0.3 is 15.4 Å². The molecule has 2 rings (SSSR count). The van der Waals surface area contributed by atoms with Crippen LogP contribution in [-0.2, 0) is 4.79 Å². The second kappa shape index (κ2) is 7.46. The second-order valence-corrected chi connectivity index (χ2v) is 5.88. The van der Waals surface area contributed by atoms with Gasteiger partial charge in [-0.25, -0.2) is 0 Å². The van der Waals surface area contributed by atoms with E-state index in [1.807, 2.05) is 12.1 Å². The lowest BCUT2D eigenvalue weighted by molar-refractivity contribution is -0.118. The maximum atomic E-state index is 11.4. The molecule has 1 amide bonds. The first-order chi connectivity index (χ1) is 10.1. The molecular formula is C17H26N2O2. The lowest BCUT2D eigenvalue weighted by Crippen LogP contribution is -2.29. The molecule has 0 bridgehead atoms. The third kappa shape index (κ3) is 4.46. The summed E-state index contributed by atoms with van der Waals surface area (Å²) in [7, 11) is 0. The third-order valence-electron chi connectivity index (χ3n) is 3.91. The molecule has 0 spiro atoms. The van der Waals surface area contributed by atoms with Crippen molar-refractivity contribution in [1.29, 1.82) is 0 Å². The molecule has 2 N–H and O–H groups in total. The monoisotopic (exact) mass is 290 g/mol. The molecule has 2 unspecified atom stereocenters. The number of fused-ring (bicyclic) bond motifs is 1. The molecule has 0 radical (unpaired) electrons. The highest BCUT2D eigenvalue weighted by Gasteiger charge is 2.18. The molecule has 1 aliphatic rings. The Labute approximate surface area is 127 Å². The standard InChI is InChI=1S/C17H26N2O2/c1-4-5-6-7-12(2)18-13(3)14-8-9-16-15(10-14)19-17(20)11-21-16/h8-10,12-13,18H,4-7,11H2,1-3H3,(H,19,20). The van der Waals surface area contributed by atoms with Crippen LogP contribution in [0.4, 0.5) is 5.69 Å². The Kier molecular flexibility index (Phi) is 5.62.